The number of nitrogens with zero attached hydrogens (tertiary/aromatic N) is 1. The minimum Gasteiger partial charge on any atom is -0.294 e. The Labute approximate surface area is 84.2 Å². The lowest BCUT2D eigenvalue weighted by molar-refractivity contribution is 0.101. The lowest BCUT2D eigenvalue weighted by Crippen LogP contribution is -1.92. The molecule has 0 aliphatic heterocycles. The summed E-state index contributed by atoms with van der Waals surface area (Å²) in [6, 6.07) is 3.52. The van der Waals surface area contributed by atoms with Gasteiger partial charge in [0.2, 0.25) is 0 Å². The van der Waals surface area contributed by atoms with Crippen LogP contribution in [0.5, 0.6) is 0 Å². The highest BCUT2D eigenvalue weighted by atomic mass is 35.5. The third kappa shape index (κ3) is 1.45. The second-order valence-electron chi connectivity index (χ2n) is 2.71. The van der Waals surface area contributed by atoms with Gasteiger partial charge in [0.05, 0.1) is 20.7 Å². The molecule has 0 amide bonds. The van der Waals surface area contributed by atoms with Gasteiger partial charge in [0.15, 0.2) is 5.78 Å². The number of carbonyl (C=O) groups excluding carboxylic acids is 1. The zero-order valence-electron chi connectivity index (χ0n) is 6.87. The Morgan fingerprint density at radius 3 is 3.00 bits per heavy atom. The molecule has 0 radical (unpaired) electrons. The van der Waals surface area contributed by atoms with Crippen molar-refractivity contribution in [2.24, 2.45) is 0 Å². The van der Waals surface area contributed by atoms with Crippen LogP contribution in [0.2, 0.25) is 5.02 Å². The van der Waals surface area contributed by atoms with Crippen LogP contribution in [0.25, 0.3) is 10.2 Å². The van der Waals surface area contributed by atoms with E-state index in [1.165, 1.54) is 18.3 Å². The molecule has 0 aliphatic carbocycles. The number of hydrogen-bond donors (Lipinski definition) is 0. The maximum Gasteiger partial charge on any atom is 0.161 e. The number of rotatable bonds is 1. The predicted octanol–water partition coefficient (Wildman–Crippen LogP) is 3.15. The average molecular weight is 212 g/mol. The molecule has 0 bridgehead atoms. The fraction of sp³-hybridized carbons (Fsp3) is 0.111. The summed E-state index contributed by atoms with van der Waals surface area (Å²) in [5.41, 5.74) is 3.12. The van der Waals surface area contributed by atoms with E-state index in [0.717, 1.165) is 10.2 Å². The predicted molar refractivity (Wildman–Crippen MR) is 54.6 cm³/mol. The highest BCUT2D eigenvalue weighted by molar-refractivity contribution is 7.16. The van der Waals surface area contributed by atoms with E-state index in [0.29, 0.717) is 10.6 Å². The van der Waals surface area contributed by atoms with Crippen molar-refractivity contribution in [2.45, 2.75) is 6.92 Å². The lowest BCUT2D eigenvalue weighted by atomic mass is 10.1. The van der Waals surface area contributed by atoms with Gasteiger partial charge in [-0.1, -0.05) is 11.6 Å². The Kier molecular flexibility index (Phi) is 2.06. The fourth-order valence-electron chi connectivity index (χ4n) is 1.15. The van der Waals surface area contributed by atoms with Crippen LogP contribution in [-0.4, -0.2) is 10.8 Å². The van der Waals surface area contributed by atoms with Gasteiger partial charge in [0.1, 0.15) is 0 Å². The molecule has 0 saturated carbocycles. The van der Waals surface area contributed by atoms with Crippen LogP contribution in [0.4, 0.5) is 0 Å². The largest absolute Gasteiger partial charge is 0.294 e. The highest BCUT2D eigenvalue weighted by Gasteiger charge is 2.08. The number of carbonyl (C=O) groups is 1. The number of benzene rings is 1. The van der Waals surface area contributed by atoms with E-state index >= 15 is 0 Å². The van der Waals surface area contributed by atoms with Crippen LogP contribution in [0, 0.1) is 0 Å². The summed E-state index contributed by atoms with van der Waals surface area (Å²) < 4.78 is 1.01. The second kappa shape index (κ2) is 3.09. The first-order chi connectivity index (χ1) is 6.18. The van der Waals surface area contributed by atoms with Crippen molar-refractivity contribution < 1.29 is 4.79 Å². The van der Waals surface area contributed by atoms with Crippen LogP contribution >= 0.6 is 22.9 Å². The molecule has 0 fully saturated rings. The molecule has 66 valence electrons. The molecule has 4 heteroatoms. The molecular weight excluding hydrogens is 206 g/mol. The van der Waals surface area contributed by atoms with E-state index in [9.17, 15) is 4.79 Å². The summed E-state index contributed by atoms with van der Waals surface area (Å²) in [7, 11) is 0. The van der Waals surface area contributed by atoms with Crippen molar-refractivity contribution in [2.75, 3.05) is 0 Å². The van der Waals surface area contributed by atoms with Crippen molar-refractivity contribution in [3.05, 3.63) is 28.2 Å². The molecule has 1 heterocycles. The SMILES string of the molecule is CC(=O)c1cc2ncsc2cc1Cl. The standard InChI is InChI=1S/C9H6ClNOS/c1-5(12)6-2-8-9(3-7(6)10)13-4-11-8/h2-4H,1H3. The fourth-order valence-corrected chi connectivity index (χ4v) is 2.21. The van der Waals surface area contributed by atoms with Gasteiger partial charge in [0, 0.05) is 5.56 Å². The molecule has 0 saturated heterocycles. The van der Waals surface area contributed by atoms with Gasteiger partial charge in [-0.2, -0.15) is 0 Å². The molecular formula is C9H6ClNOS. The van der Waals surface area contributed by atoms with Crippen LogP contribution in [-0.2, 0) is 0 Å². The number of halogens is 1. The summed E-state index contributed by atoms with van der Waals surface area (Å²) in [6.45, 7) is 1.50. The lowest BCUT2D eigenvalue weighted by Gasteiger charge is -1.98. The van der Waals surface area contributed by atoms with Crippen molar-refractivity contribution in [1.82, 2.24) is 4.98 Å². The van der Waals surface area contributed by atoms with Gasteiger partial charge in [-0.3, -0.25) is 4.79 Å². The first kappa shape index (κ1) is 8.66. The van der Waals surface area contributed by atoms with E-state index in [-0.39, 0.29) is 5.78 Å². The second-order valence-corrected chi connectivity index (χ2v) is 4.00. The number of hydrogen-bond acceptors (Lipinski definition) is 3. The third-order valence-corrected chi connectivity index (χ3v) is 2.90. The highest BCUT2D eigenvalue weighted by Crippen LogP contribution is 2.26. The van der Waals surface area contributed by atoms with Gasteiger partial charge < -0.3 is 0 Å². The summed E-state index contributed by atoms with van der Waals surface area (Å²) in [4.78, 5) is 15.2. The molecule has 1 aromatic heterocycles. The Bertz CT molecular complexity index is 477. The minimum atomic E-state index is -0.0279. The molecule has 0 unspecified atom stereocenters. The van der Waals surface area contributed by atoms with Gasteiger partial charge in [-0.25, -0.2) is 4.98 Å². The van der Waals surface area contributed by atoms with Crippen molar-refractivity contribution >= 4 is 38.9 Å². The summed E-state index contributed by atoms with van der Waals surface area (Å²) >= 11 is 7.43. The maximum absolute atomic E-state index is 11.1. The average Bonchev–Trinajstić information content (AvgIpc) is 2.48. The number of aromatic nitrogens is 1. The Balaban J connectivity index is 2.76. The smallest absolute Gasteiger partial charge is 0.161 e. The van der Waals surface area contributed by atoms with Gasteiger partial charge in [-0.05, 0) is 19.1 Å². The van der Waals surface area contributed by atoms with Crippen LogP contribution in [0.1, 0.15) is 17.3 Å². The normalized spacial score (nSPS) is 10.6. The van der Waals surface area contributed by atoms with E-state index in [1.54, 1.807) is 17.6 Å². The monoisotopic (exact) mass is 211 g/mol. The van der Waals surface area contributed by atoms with Crippen molar-refractivity contribution in [1.29, 1.82) is 0 Å². The van der Waals surface area contributed by atoms with E-state index in [2.05, 4.69) is 4.98 Å². The number of fused-ring (bicyclic) bond motifs is 1. The minimum absolute atomic E-state index is 0.0279. The first-order valence-electron chi connectivity index (χ1n) is 3.72. The van der Waals surface area contributed by atoms with Crippen LogP contribution in [0.3, 0.4) is 0 Å². The molecule has 0 aliphatic rings. The Morgan fingerprint density at radius 2 is 2.31 bits per heavy atom. The summed E-state index contributed by atoms with van der Waals surface area (Å²) in [6.07, 6.45) is 0. The van der Waals surface area contributed by atoms with Gasteiger partial charge in [-0.15, -0.1) is 11.3 Å². The molecule has 0 atom stereocenters. The van der Waals surface area contributed by atoms with E-state index in [1.807, 2.05) is 0 Å². The molecule has 2 aromatic rings. The zero-order valence-corrected chi connectivity index (χ0v) is 8.45. The van der Waals surface area contributed by atoms with Gasteiger partial charge in [0.25, 0.3) is 0 Å². The molecule has 2 rings (SSSR count). The topological polar surface area (TPSA) is 30.0 Å². The number of Topliss-reactive ketones (excluding diaryl/α,β-unsaturated/α-hetero) is 1. The van der Waals surface area contributed by atoms with Gasteiger partial charge >= 0.3 is 0 Å². The maximum atomic E-state index is 11.1. The molecule has 0 spiro atoms. The summed E-state index contributed by atoms with van der Waals surface area (Å²) in [5, 5.41) is 0.504. The number of ketones is 1. The van der Waals surface area contributed by atoms with E-state index < -0.39 is 0 Å². The Morgan fingerprint density at radius 1 is 1.54 bits per heavy atom. The quantitative estimate of drug-likeness (QED) is 0.679. The molecule has 13 heavy (non-hydrogen) atoms. The molecule has 1 aromatic carbocycles. The molecule has 0 N–H and O–H groups in total. The van der Waals surface area contributed by atoms with E-state index in [4.69, 9.17) is 11.6 Å². The first-order valence-corrected chi connectivity index (χ1v) is 4.98. The summed E-state index contributed by atoms with van der Waals surface area (Å²) in [5.74, 6) is -0.0279. The Hall–Kier alpha value is -0.930. The van der Waals surface area contributed by atoms with Crippen LogP contribution in [0.15, 0.2) is 17.6 Å². The van der Waals surface area contributed by atoms with Crippen molar-refractivity contribution in [3.8, 4) is 0 Å². The van der Waals surface area contributed by atoms with Crippen molar-refractivity contribution in [3.63, 3.8) is 0 Å². The zero-order chi connectivity index (χ0) is 9.42. The van der Waals surface area contributed by atoms with Crippen LogP contribution < -0.4 is 0 Å². The number of thiazole rings is 1. The molecule has 2 nitrogen and oxygen atoms in total. The third-order valence-electron chi connectivity index (χ3n) is 1.80.